The Labute approximate surface area is 163 Å². The van der Waals surface area contributed by atoms with Gasteiger partial charge in [-0.1, -0.05) is 5.16 Å². The van der Waals surface area contributed by atoms with Gasteiger partial charge in [-0.05, 0) is 31.2 Å². The van der Waals surface area contributed by atoms with Crippen LogP contribution in [0.5, 0.6) is 5.75 Å². The first-order valence-corrected chi connectivity index (χ1v) is 10.0. The van der Waals surface area contributed by atoms with Crippen molar-refractivity contribution in [3.8, 4) is 16.3 Å². The van der Waals surface area contributed by atoms with E-state index in [2.05, 4.69) is 32.5 Å². The zero-order valence-electron chi connectivity index (χ0n) is 15.7. The molecule has 6 nitrogen and oxygen atoms in total. The van der Waals surface area contributed by atoms with Crippen molar-refractivity contribution in [2.24, 2.45) is 0 Å². The van der Waals surface area contributed by atoms with E-state index in [1.165, 1.54) is 0 Å². The van der Waals surface area contributed by atoms with Crippen LogP contribution in [-0.2, 0) is 13.1 Å². The SMILES string of the molecule is COc1ccc(-c2nc(CN3CCN(Cc4cc(C)on4)CC3)cs2)cc1. The minimum atomic E-state index is 0.865. The molecule has 0 unspecified atom stereocenters. The molecule has 1 aliphatic heterocycles. The molecule has 27 heavy (non-hydrogen) atoms. The minimum absolute atomic E-state index is 0.865. The van der Waals surface area contributed by atoms with Crippen LogP contribution in [0.2, 0.25) is 0 Å². The maximum atomic E-state index is 5.22. The van der Waals surface area contributed by atoms with Gasteiger partial charge in [0.2, 0.25) is 0 Å². The third kappa shape index (κ3) is 4.55. The molecule has 142 valence electrons. The van der Waals surface area contributed by atoms with Crippen molar-refractivity contribution in [1.29, 1.82) is 0 Å². The molecule has 0 radical (unpaired) electrons. The molecule has 3 heterocycles. The van der Waals surface area contributed by atoms with Gasteiger partial charge in [-0.15, -0.1) is 11.3 Å². The van der Waals surface area contributed by atoms with E-state index in [0.29, 0.717) is 0 Å². The van der Waals surface area contributed by atoms with Gasteiger partial charge in [-0.3, -0.25) is 9.80 Å². The molecular weight excluding hydrogens is 360 g/mol. The number of aromatic nitrogens is 2. The average molecular weight is 385 g/mol. The summed E-state index contributed by atoms with van der Waals surface area (Å²) in [4.78, 5) is 9.72. The molecule has 0 saturated carbocycles. The fraction of sp³-hybridized carbons (Fsp3) is 0.400. The van der Waals surface area contributed by atoms with Crippen LogP contribution in [0.15, 0.2) is 40.2 Å². The summed E-state index contributed by atoms with van der Waals surface area (Å²) in [5, 5.41) is 7.33. The highest BCUT2D eigenvalue weighted by Crippen LogP contribution is 2.26. The fourth-order valence-electron chi connectivity index (χ4n) is 3.30. The first-order valence-electron chi connectivity index (χ1n) is 9.15. The molecule has 0 spiro atoms. The number of piperazine rings is 1. The van der Waals surface area contributed by atoms with E-state index in [1.54, 1.807) is 18.4 Å². The van der Waals surface area contributed by atoms with E-state index < -0.39 is 0 Å². The summed E-state index contributed by atoms with van der Waals surface area (Å²) in [5.74, 6) is 1.74. The van der Waals surface area contributed by atoms with Gasteiger partial charge >= 0.3 is 0 Å². The van der Waals surface area contributed by atoms with Gasteiger partial charge < -0.3 is 9.26 Å². The number of hydrogen-bond donors (Lipinski definition) is 0. The van der Waals surface area contributed by atoms with E-state index in [-0.39, 0.29) is 0 Å². The number of nitrogens with zero attached hydrogens (tertiary/aromatic N) is 4. The van der Waals surface area contributed by atoms with Crippen molar-refractivity contribution in [2.75, 3.05) is 33.3 Å². The van der Waals surface area contributed by atoms with Crippen LogP contribution >= 0.6 is 11.3 Å². The van der Waals surface area contributed by atoms with Crippen molar-refractivity contribution >= 4 is 11.3 Å². The van der Waals surface area contributed by atoms with E-state index in [1.807, 2.05) is 25.1 Å². The minimum Gasteiger partial charge on any atom is -0.497 e. The molecule has 4 rings (SSSR count). The van der Waals surface area contributed by atoms with Crippen LogP contribution in [0, 0.1) is 6.92 Å². The van der Waals surface area contributed by atoms with Crippen molar-refractivity contribution in [2.45, 2.75) is 20.0 Å². The highest BCUT2D eigenvalue weighted by atomic mass is 32.1. The molecule has 0 bridgehead atoms. The van der Waals surface area contributed by atoms with Gasteiger partial charge in [0.05, 0.1) is 18.5 Å². The maximum absolute atomic E-state index is 5.22. The average Bonchev–Trinajstić information content (AvgIpc) is 3.32. The van der Waals surface area contributed by atoms with E-state index in [0.717, 1.165) is 72.7 Å². The lowest BCUT2D eigenvalue weighted by Gasteiger charge is -2.33. The number of ether oxygens (including phenoxy) is 1. The predicted octanol–water partition coefficient (Wildman–Crippen LogP) is 3.43. The molecule has 0 aliphatic carbocycles. The molecule has 1 fully saturated rings. The summed E-state index contributed by atoms with van der Waals surface area (Å²) in [6.07, 6.45) is 0. The van der Waals surface area contributed by atoms with Crippen molar-refractivity contribution in [1.82, 2.24) is 19.9 Å². The molecule has 0 N–H and O–H groups in total. The molecular formula is C20H24N4O2S. The van der Waals surface area contributed by atoms with Crippen molar-refractivity contribution in [3.63, 3.8) is 0 Å². The molecule has 0 amide bonds. The number of methoxy groups -OCH3 is 1. The Morgan fingerprint density at radius 3 is 2.30 bits per heavy atom. The Balaban J connectivity index is 1.29. The zero-order chi connectivity index (χ0) is 18.6. The monoisotopic (exact) mass is 384 g/mol. The largest absolute Gasteiger partial charge is 0.497 e. The van der Waals surface area contributed by atoms with Crippen LogP contribution in [0.1, 0.15) is 17.1 Å². The smallest absolute Gasteiger partial charge is 0.133 e. The zero-order valence-corrected chi connectivity index (χ0v) is 16.5. The lowest BCUT2D eigenvalue weighted by Crippen LogP contribution is -2.45. The lowest BCUT2D eigenvalue weighted by atomic mass is 10.2. The Bertz CT molecular complexity index is 866. The first-order chi connectivity index (χ1) is 13.2. The summed E-state index contributed by atoms with van der Waals surface area (Å²) < 4.78 is 10.4. The number of hydrogen-bond acceptors (Lipinski definition) is 7. The third-order valence-corrected chi connectivity index (χ3v) is 5.74. The Hall–Kier alpha value is -2.22. The van der Waals surface area contributed by atoms with Crippen LogP contribution < -0.4 is 4.74 Å². The normalized spacial score (nSPS) is 15.9. The summed E-state index contributed by atoms with van der Waals surface area (Å²) in [7, 11) is 1.68. The highest BCUT2D eigenvalue weighted by molar-refractivity contribution is 7.13. The standard InChI is InChI=1S/C20H24N4O2S/c1-15-11-17(22-26-15)12-23-7-9-24(10-8-23)13-18-14-27-20(21-18)16-3-5-19(25-2)6-4-16/h3-6,11,14H,7-10,12-13H2,1-2H3. The van der Waals surface area contributed by atoms with Gasteiger partial charge in [-0.25, -0.2) is 4.98 Å². The first kappa shape index (κ1) is 18.2. The predicted molar refractivity (Wildman–Crippen MR) is 106 cm³/mol. The third-order valence-electron chi connectivity index (χ3n) is 4.80. The lowest BCUT2D eigenvalue weighted by molar-refractivity contribution is 0.119. The van der Waals surface area contributed by atoms with Gasteiger partial charge in [-0.2, -0.15) is 0 Å². The Morgan fingerprint density at radius 1 is 1.04 bits per heavy atom. The van der Waals surface area contributed by atoms with Crippen LogP contribution in [0.4, 0.5) is 0 Å². The van der Waals surface area contributed by atoms with E-state index >= 15 is 0 Å². The summed E-state index contributed by atoms with van der Waals surface area (Å²) in [5.41, 5.74) is 3.30. The van der Waals surface area contributed by atoms with Crippen LogP contribution in [0.25, 0.3) is 10.6 Å². The van der Waals surface area contributed by atoms with Gasteiger partial charge in [0.15, 0.2) is 0 Å². The van der Waals surface area contributed by atoms with Gasteiger partial charge in [0.1, 0.15) is 16.5 Å². The Morgan fingerprint density at radius 2 is 1.70 bits per heavy atom. The maximum Gasteiger partial charge on any atom is 0.133 e. The van der Waals surface area contributed by atoms with Crippen LogP contribution in [-0.4, -0.2) is 53.2 Å². The summed E-state index contributed by atoms with van der Waals surface area (Å²) >= 11 is 1.70. The summed E-state index contributed by atoms with van der Waals surface area (Å²) in [6, 6.07) is 10.1. The molecule has 1 aromatic carbocycles. The number of aryl methyl sites for hydroxylation is 1. The van der Waals surface area contributed by atoms with E-state index in [9.17, 15) is 0 Å². The molecule has 7 heteroatoms. The van der Waals surface area contributed by atoms with Crippen LogP contribution in [0.3, 0.4) is 0 Å². The fourth-order valence-corrected chi connectivity index (χ4v) is 4.12. The second-order valence-corrected chi connectivity index (χ2v) is 7.71. The molecule has 2 aromatic heterocycles. The van der Waals surface area contributed by atoms with Crippen molar-refractivity contribution in [3.05, 3.63) is 52.9 Å². The molecule has 0 atom stereocenters. The molecule has 1 saturated heterocycles. The second kappa shape index (κ2) is 8.21. The van der Waals surface area contributed by atoms with Crippen molar-refractivity contribution < 1.29 is 9.26 Å². The highest BCUT2D eigenvalue weighted by Gasteiger charge is 2.19. The summed E-state index contributed by atoms with van der Waals surface area (Å²) in [6.45, 7) is 7.89. The second-order valence-electron chi connectivity index (χ2n) is 6.85. The quantitative estimate of drug-likeness (QED) is 0.649. The topological polar surface area (TPSA) is 54.6 Å². The van der Waals surface area contributed by atoms with Gasteiger partial charge in [0, 0.05) is 56.3 Å². The number of benzene rings is 1. The number of rotatable bonds is 6. The number of thiazole rings is 1. The molecule has 3 aromatic rings. The Kier molecular flexibility index (Phi) is 5.52. The molecule has 1 aliphatic rings. The van der Waals surface area contributed by atoms with Gasteiger partial charge in [0.25, 0.3) is 0 Å². The van der Waals surface area contributed by atoms with E-state index in [4.69, 9.17) is 14.2 Å².